The number of sulfonamides is 1. The van der Waals surface area contributed by atoms with E-state index in [9.17, 15) is 8.42 Å². The van der Waals surface area contributed by atoms with Crippen LogP contribution in [0.3, 0.4) is 0 Å². The van der Waals surface area contributed by atoms with Crippen molar-refractivity contribution in [2.24, 2.45) is 0 Å². The molecule has 0 spiro atoms. The lowest BCUT2D eigenvalue weighted by atomic mass is 10.1. The molecule has 3 aromatic carbocycles. The maximum atomic E-state index is 13.0. The minimum atomic E-state index is -3.91. The van der Waals surface area contributed by atoms with E-state index < -0.39 is 10.0 Å². The zero-order chi connectivity index (χ0) is 25.6. The fourth-order valence-electron chi connectivity index (χ4n) is 3.37. The Bertz CT molecular complexity index is 1300. The number of hydrogen-bond acceptors (Lipinski definition) is 7. The predicted octanol–water partition coefficient (Wildman–Crippen LogP) is 5.35. The van der Waals surface area contributed by atoms with Gasteiger partial charge in [0.2, 0.25) is 5.75 Å². The Kier molecular flexibility index (Phi) is 8.37. The van der Waals surface area contributed by atoms with Crippen LogP contribution < -0.4 is 28.4 Å². The molecule has 0 fully saturated rings. The van der Waals surface area contributed by atoms with E-state index in [0.29, 0.717) is 33.6 Å². The molecule has 3 aromatic rings. The van der Waals surface area contributed by atoms with Crippen molar-refractivity contribution in [3.63, 3.8) is 0 Å². The number of anilines is 1. The predicted molar refractivity (Wildman–Crippen MR) is 137 cm³/mol. The van der Waals surface area contributed by atoms with Gasteiger partial charge in [0.05, 0.1) is 46.1 Å². The zero-order valence-corrected chi connectivity index (χ0v) is 21.5. The molecule has 0 atom stereocenters. The summed E-state index contributed by atoms with van der Waals surface area (Å²) in [5.74, 6) is 2.10. The summed E-state index contributed by atoms with van der Waals surface area (Å²) in [5, 5.41) is 0.433. The number of benzene rings is 3. The summed E-state index contributed by atoms with van der Waals surface area (Å²) in [6.07, 6.45) is 3.62. The van der Waals surface area contributed by atoms with Gasteiger partial charge in [-0.1, -0.05) is 23.8 Å². The number of halogens is 1. The van der Waals surface area contributed by atoms with Crippen LogP contribution in [0, 0.1) is 0 Å². The molecule has 0 aromatic heterocycles. The monoisotopic (exact) mass is 519 g/mol. The minimum absolute atomic E-state index is 0.0567. The summed E-state index contributed by atoms with van der Waals surface area (Å²) in [5.41, 5.74) is 1.65. The fourth-order valence-corrected chi connectivity index (χ4v) is 4.54. The Morgan fingerprint density at radius 2 is 1.14 bits per heavy atom. The molecule has 0 radical (unpaired) electrons. The number of methoxy groups -OCH3 is 5. The molecule has 0 aliphatic heterocycles. The number of ether oxygens (including phenoxy) is 5. The van der Waals surface area contributed by atoms with Gasteiger partial charge in [0, 0.05) is 5.02 Å². The van der Waals surface area contributed by atoms with E-state index in [1.807, 2.05) is 6.08 Å². The first-order valence-corrected chi connectivity index (χ1v) is 12.1. The number of nitrogens with one attached hydrogen (secondary N) is 1. The van der Waals surface area contributed by atoms with Gasteiger partial charge in [-0.05, 0) is 59.7 Å². The largest absolute Gasteiger partial charge is 0.493 e. The van der Waals surface area contributed by atoms with Crippen LogP contribution in [-0.2, 0) is 10.0 Å². The molecule has 1 N–H and O–H groups in total. The van der Waals surface area contributed by atoms with E-state index in [-0.39, 0.29) is 16.3 Å². The molecule has 0 unspecified atom stereocenters. The second kappa shape index (κ2) is 11.2. The molecule has 10 heteroatoms. The molecule has 8 nitrogen and oxygen atoms in total. The van der Waals surface area contributed by atoms with E-state index in [4.69, 9.17) is 35.3 Å². The molecule has 0 bridgehead atoms. The van der Waals surface area contributed by atoms with Crippen LogP contribution in [0.4, 0.5) is 5.69 Å². The van der Waals surface area contributed by atoms with Gasteiger partial charge in [0.1, 0.15) is 0 Å². The smallest absolute Gasteiger partial charge is 0.262 e. The molecule has 186 valence electrons. The summed E-state index contributed by atoms with van der Waals surface area (Å²) >= 11 is 5.89. The lowest BCUT2D eigenvalue weighted by Gasteiger charge is -2.16. The third-order valence-electron chi connectivity index (χ3n) is 5.02. The van der Waals surface area contributed by atoms with Crippen LogP contribution in [0.25, 0.3) is 12.2 Å². The van der Waals surface area contributed by atoms with Crippen LogP contribution in [0.15, 0.2) is 53.4 Å². The van der Waals surface area contributed by atoms with Crippen molar-refractivity contribution in [1.29, 1.82) is 0 Å². The Labute approximate surface area is 210 Å². The Hall–Kier alpha value is -3.56. The lowest BCUT2D eigenvalue weighted by molar-refractivity contribution is 0.324. The second-order valence-corrected chi connectivity index (χ2v) is 9.27. The average Bonchev–Trinajstić information content (AvgIpc) is 2.86. The normalized spacial score (nSPS) is 11.3. The molecule has 0 saturated heterocycles. The van der Waals surface area contributed by atoms with Crippen LogP contribution in [0.5, 0.6) is 28.7 Å². The lowest BCUT2D eigenvalue weighted by Crippen LogP contribution is -2.14. The third kappa shape index (κ3) is 5.93. The van der Waals surface area contributed by atoms with Gasteiger partial charge in [-0.2, -0.15) is 0 Å². The van der Waals surface area contributed by atoms with E-state index in [1.165, 1.54) is 59.8 Å². The van der Waals surface area contributed by atoms with Gasteiger partial charge in [0.25, 0.3) is 10.0 Å². The third-order valence-corrected chi connectivity index (χ3v) is 6.66. The van der Waals surface area contributed by atoms with Gasteiger partial charge in [-0.25, -0.2) is 8.42 Å². The highest BCUT2D eigenvalue weighted by atomic mass is 35.5. The first-order valence-electron chi connectivity index (χ1n) is 10.3. The van der Waals surface area contributed by atoms with E-state index in [1.54, 1.807) is 30.3 Å². The zero-order valence-electron chi connectivity index (χ0n) is 19.9. The highest BCUT2D eigenvalue weighted by molar-refractivity contribution is 7.92. The summed E-state index contributed by atoms with van der Waals surface area (Å²) < 4.78 is 55.5. The summed E-state index contributed by atoms with van der Waals surface area (Å²) in [4.78, 5) is 0.0567. The van der Waals surface area contributed by atoms with Crippen molar-refractivity contribution >= 4 is 39.5 Å². The molecule has 35 heavy (non-hydrogen) atoms. The van der Waals surface area contributed by atoms with Gasteiger partial charge in [-0.15, -0.1) is 0 Å². The maximum Gasteiger partial charge on any atom is 0.262 e. The molecular weight excluding hydrogens is 494 g/mol. The van der Waals surface area contributed by atoms with Gasteiger partial charge >= 0.3 is 0 Å². The van der Waals surface area contributed by atoms with Crippen molar-refractivity contribution < 1.29 is 32.1 Å². The summed E-state index contributed by atoms with van der Waals surface area (Å²) in [7, 11) is 3.61. The topological polar surface area (TPSA) is 92.3 Å². The number of rotatable bonds is 10. The molecule has 0 aliphatic rings. The van der Waals surface area contributed by atoms with Crippen molar-refractivity contribution in [3.8, 4) is 28.7 Å². The molecule has 0 amide bonds. The quantitative estimate of drug-likeness (QED) is 0.361. The van der Waals surface area contributed by atoms with Crippen molar-refractivity contribution in [2.75, 3.05) is 40.3 Å². The van der Waals surface area contributed by atoms with Crippen molar-refractivity contribution in [3.05, 3.63) is 64.7 Å². The molecule has 0 saturated carbocycles. The summed E-state index contributed by atoms with van der Waals surface area (Å²) in [6, 6.07) is 12.8. The highest BCUT2D eigenvalue weighted by Crippen LogP contribution is 2.40. The maximum absolute atomic E-state index is 13.0. The SMILES string of the molecule is COc1cc(/C=C\c2cc(OC)c(OC)c(OC)c2)cc(NS(=O)(=O)c2ccc(Cl)cc2)c1OC. The second-order valence-electron chi connectivity index (χ2n) is 7.16. The van der Waals surface area contributed by atoms with Crippen LogP contribution in [0.2, 0.25) is 5.02 Å². The Morgan fingerprint density at radius 1 is 0.686 bits per heavy atom. The Balaban J connectivity index is 2.02. The fraction of sp³-hybridized carbons (Fsp3) is 0.200. The van der Waals surface area contributed by atoms with E-state index in [0.717, 1.165) is 5.56 Å². The van der Waals surface area contributed by atoms with Crippen LogP contribution in [-0.4, -0.2) is 44.0 Å². The van der Waals surface area contributed by atoms with Gasteiger partial charge in [0.15, 0.2) is 23.0 Å². The minimum Gasteiger partial charge on any atom is -0.493 e. The van der Waals surface area contributed by atoms with E-state index in [2.05, 4.69) is 4.72 Å². The first-order chi connectivity index (χ1) is 16.8. The first kappa shape index (κ1) is 26.1. The standard InChI is InChI=1S/C25H26ClNO7S/c1-30-21-13-16(6-7-17-14-22(31-2)25(34-5)23(15-17)32-3)12-20(24(21)33-4)27-35(28,29)19-10-8-18(26)9-11-19/h6-15,27H,1-5H3/b7-6-. The van der Waals surface area contributed by atoms with Gasteiger partial charge in [-0.3, -0.25) is 4.72 Å². The number of hydrogen-bond donors (Lipinski definition) is 1. The van der Waals surface area contributed by atoms with Crippen molar-refractivity contribution in [2.45, 2.75) is 4.90 Å². The van der Waals surface area contributed by atoms with Crippen molar-refractivity contribution in [1.82, 2.24) is 0 Å². The Morgan fingerprint density at radius 3 is 1.60 bits per heavy atom. The average molecular weight is 520 g/mol. The molecule has 3 rings (SSSR count). The van der Waals surface area contributed by atoms with E-state index >= 15 is 0 Å². The molecular formula is C25H26ClNO7S. The van der Waals surface area contributed by atoms with Crippen LogP contribution >= 0.6 is 11.6 Å². The molecule has 0 heterocycles. The highest BCUT2D eigenvalue weighted by Gasteiger charge is 2.20. The summed E-state index contributed by atoms with van der Waals surface area (Å²) in [6.45, 7) is 0. The van der Waals surface area contributed by atoms with Gasteiger partial charge < -0.3 is 23.7 Å². The molecule has 0 aliphatic carbocycles. The van der Waals surface area contributed by atoms with Crippen LogP contribution in [0.1, 0.15) is 11.1 Å².